The molecule has 5 aromatic rings. The van der Waals surface area contributed by atoms with E-state index in [4.69, 9.17) is 9.47 Å². The maximum atomic E-state index is 12.5. The highest BCUT2D eigenvalue weighted by Gasteiger charge is 2.14. The molecule has 164 valence electrons. The largest absolute Gasteiger partial charge is 0.496 e. The van der Waals surface area contributed by atoms with Crippen LogP contribution in [-0.4, -0.2) is 46.0 Å². The van der Waals surface area contributed by atoms with E-state index in [1.165, 1.54) is 0 Å². The molecule has 8 nitrogen and oxygen atoms in total. The number of carbonyl (C=O) groups is 1. The Hall–Kier alpha value is -4.46. The van der Waals surface area contributed by atoms with Gasteiger partial charge in [-0.15, -0.1) is 15.3 Å². The minimum atomic E-state index is -0.148. The SMILES string of the molecule is COc1ccccc1-c1nnc2ccc(OCCNC(=O)c3ccc4ccccc4c3)nn12. The lowest BCUT2D eigenvalue weighted by Gasteiger charge is -2.09. The third-order valence-electron chi connectivity index (χ3n) is 5.24. The van der Waals surface area contributed by atoms with E-state index in [1.807, 2.05) is 66.7 Å². The summed E-state index contributed by atoms with van der Waals surface area (Å²) in [6.45, 7) is 0.608. The standard InChI is InChI=1S/C25H21N5O3/c1-32-21-9-5-4-8-20(21)24-28-27-22-12-13-23(29-30(22)24)33-15-14-26-25(31)19-11-10-17-6-2-3-7-18(17)16-19/h2-13,16H,14-15H2,1H3,(H,26,31). The van der Waals surface area contributed by atoms with Crippen LogP contribution in [0.2, 0.25) is 0 Å². The molecular formula is C25H21N5O3. The highest BCUT2D eigenvalue weighted by Crippen LogP contribution is 2.28. The third-order valence-corrected chi connectivity index (χ3v) is 5.24. The van der Waals surface area contributed by atoms with Crippen molar-refractivity contribution in [1.29, 1.82) is 0 Å². The molecule has 33 heavy (non-hydrogen) atoms. The summed E-state index contributed by atoms with van der Waals surface area (Å²) in [5, 5.41) is 17.9. The molecule has 8 heteroatoms. The first-order valence-electron chi connectivity index (χ1n) is 10.5. The zero-order chi connectivity index (χ0) is 22.6. The van der Waals surface area contributed by atoms with Crippen LogP contribution in [0.4, 0.5) is 0 Å². The first-order chi connectivity index (χ1) is 16.2. The lowest BCUT2D eigenvalue weighted by atomic mass is 10.1. The number of amides is 1. The van der Waals surface area contributed by atoms with Crippen molar-refractivity contribution in [3.63, 3.8) is 0 Å². The summed E-state index contributed by atoms with van der Waals surface area (Å²) in [5.41, 5.74) is 1.98. The predicted molar refractivity (Wildman–Crippen MR) is 125 cm³/mol. The van der Waals surface area contributed by atoms with E-state index in [2.05, 4.69) is 20.6 Å². The van der Waals surface area contributed by atoms with Crippen molar-refractivity contribution in [1.82, 2.24) is 25.1 Å². The van der Waals surface area contributed by atoms with Crippen molar-refractivity contribution in [2.75, 3.05) is 20.3 Å². The number of benzene rings is 3. The molecule has 2 aromatic heterocycles. The average molecular weight is 439 g/mol. The Morgan fingerprint density at radius 3 is 2.64 bits per heavy atom. The fourth-order valence-electron chi connectivity index (χ4n) is 3.60. The predicted octanol–water partition coefficient (Wildman–Crippen LogP) is 3.76. The van der Waals surface area contributed by atoms with Gasteiger partial charge in [0.2, 0.25) is 5.88 Å². The van der Waals surface area contributed by atoms with Gasteiger partial charge in [0.15, 0.2) is 11.5 Å². The van der Waals surface area contributed by atoms with Crippen LogP contribution in [0.3, 0.4) is 0 Å². The zero-order valence-corrected chi connectivity index (χ0v) is 17.9. The van der Waals surface area contributed by atoms with Gasteiger partial charge < -0.3 is 14.8 Å². The number of nitrogens with zero attached hydrogens (tertiary/aromatic N) is 4. The molecule has 0 saturated heterocycles. The van der Waals surface area contributed by atoms with Gasteiger partial charge in [0.1, 0.15) is 12.4 Å². The van der Waals surface area contributed by atoms with Crippen LogP contribution in [0.15, 0.2) is 78.9 Å². The van der Waals surface area contributed by atoms with E-state index in [-0.39, 0.29) is 12.5 Å². The average Bonchev–Trinajstić information content (AvgIpc) is 3.29. The van der Waals surface area contributed by atoms with Crippen LogP contribution in [0.1, 0.15) is 10.4 Å². The summed E-state index contributed by atoms with van der Waals surface area (Å²) < 4.78 is 12.8. The Morgan fingerprint density at radius 2 is 1.76 bits per heavy atom. The van der Waals surface area contributed by atoms with Gasteiger partial charge in [-0.05, 0) is 41.1 Å². The molecule has 3 aromatic carbocycles. The van der Waals surface area contributed by atoms with Crippen molar-refractivity contribution < 1.29 is 14.3 Å². The molecule has 0 bridgehead atoms. The Morgan fingerprint density at radius 1 is 0.939 bits per heavy atom. The minimum Gasteiger partial charge on any atom is -0.496 e. The molecule has 0 unspecified atom stereocenters. The second-order valence-electron chi connectivity index (χ2n) is 7.33. The fraction of sp³-hybridized carbons (Fsp3) is 0.120. The zero-order valence-electron chi connectivity index (χ0n) is 17.9. The van der Waals surface area contributed by atoms with Crippen molar-refractivity contribution in [2.24, 2.45) is 0 Å². The Kier molecular flexibility index (Phi) is 5.55. The summed E-state index contributed by atoms with van der Waals surface area (Å²) >= 11 is 0. The molecule has 0 aliphatic heterocycles. The topological polar surface area (TPSA) is 90.6 Å². The van der Waals surface area contributed by atoms with Crippen LogP contribution < -0.4 is 14.8 Å². The molecule has 0 radical (unpaired) electrons. The van der Waals surface area contributed by atoms with Crippen molar-refractivity contribution >= 4 is 22.3 Å². The van der Waals surface area contributed by atoms with Gasteiger partial charge in [0.25, 0.3) is 5.91 Å². The molecule has 1 N–H and O–H groups in total. The summed E-state index contributed by atoms with van der Waals surface area (Å²) in [6, 6.07) is 24.6. The molecule has 0 saturated carbocycles. The number of ether oxygens (including phenoxy) is 2. The Bertz CT molecular complexity index is 1450. The van der Waals surface area contributed by atoms with Gasteiger partial charge in [-0.3, -0.25) is 4.79 Å². The quantitative estimate of drug-likeness (QED) is 0.388. The molecule has 0 spiro atoms. The normalized spacial score (nSPS) is 10.9. The second-order valence-corrected chi connectivity index (χ2v) is 7.33. The van der Waals surface area contributed by atoms with Gasteiger partial charge in [-0.1, -0.05) is 42.5 Å². The molecular weight excluding hydrogens is 418 g/mol. The number of nitrogens with one attached hydrogen (secondary N) is 1. The lowest BCUT2D eigenvalue weighted by molar-refractivity contribution is 0.0946. The maximum Gasteiger partial charge on any atom is 0.251 e. The number of hydrogen-bond acceptors (Lipinski definition) is 6. The van der Waals surface area contributed by atoms with Crippen LogP contribution in [0.25, 0.3) is 27.8 Å². The molecule has 0 aliphatic carbocycles. The highest BCUT2D eigenvalue weighted by molar-refractivity contribution is 5.98. The van der Waals surface area contributed by atoms with Crippen LogP contribution in [-0.2, 0) is 0 Å². The van der Waals surface area contributed by atoms with Crippen molar-refractivity contribution in [3.8, 4) is 23.0 Å². The summed E-state index contributed by atoms with van der Waals surface area (Å²) in [7, 11) is 1.61. The van der Waals surface area contributed by atoms with Gasteiger partial charge in [-0.2, -0.15) is 4.52 Å². The van der Waals surface area contributed by atoms with Gasteiger partial charge in [0.05, 0.1) is 19.2 Å². The van der Waals surface area contributed by atoms with E-state index < -0.39 is 0 Å². The minimum absolute atomic E-state index is 0.148. The van der Waals surface area contributed by atoms with Gasteiger partial charge >= 0.3 is 0 Å². The fourth-order valence-corrected chi connectivity index (χ4v) is 3.60. The Labute approximate surface area is 189 Å². The van der Waals surface area contributed by atoms with Gasteiger partial charge in [0, 0.05) is 11.6 Å². The summed E-state index contributed by atoms with van der Waals surface area (Å²) in [4.78, 5) is 12.5. The van der Waals surface area contributed by atoms with Crippen LogP contribution in [0, 0.1) is 0 Å². The Balaban J connectivity index is 1.25. The van der Waals surface area contributed by atoms with Crippen molar-refractivity contribution in [2.45, 2.75) is 0 Å². The number of hydrogen-bond donors (Lipinski definition) is 1. The number of para-hydroxylation sites is 1. The number of methoxy groups -OCH3 is 1. The highest BCUT2D eigenvalue weighted by atomic mass is 16.5. The molecule has 0 atom stereocenters. The molecule has 0 aliphatic rings. The smallest absolute Gasteiger partial charge is 0.251 e. The van der Waals surface area contributed by atoms with Crippen LogP contribution in [0.5, 0.6) is 11.6 Å². The maximum absolute atomic E-state index is 12.5. The molecule has 0 fully saturated rings. The van der Waals surface area contributed by atoms with Crippen molar-refractivity contribution in [3.05, 3.63) is 84.4 Å². The molecule has 2 heterocycles. The first kappa shape index (κ1) is 20.4. The van der Waals surface area contributed by atoms with Crippen LogP contribution >= 0.6 is 0 Å². The van der Waals surface area contributed by atoms with E-state index in [1.54, 1.807) is 23.8 Å². The number of aromatic nitrogens is 4. The number of fused-ring (bicyclic) bond motifs is 2. The van der Waals surface area contributed by atoms with E-state index >= 15 is 0 Å². The first-order valence-corrected chi connectivity index (χ1v) is 10.5. The molecule has 5 rings (SSSR count). The lowest BCUT2D eigenvalue weighted by Crippen LogP contribution is -2.28. The summed E-state index contributed by atoms with van der Waals surface area (Å²) in [6.07, 6.45) is 0. The monoisotopic (exact) mass is 439 g/mol. The van der Waals surface area contributed by atoms with E-state index in [0.717, 1.165) is 16.3 Å². The number of carbonyl (C=O) groups excluding carboxylic acids is 1. The second kappa shape index (κ2) is 8.96. The van der Waals surface area contributed by atoms with E-state index in [9.17, 15) is 4.79 Å². The van der Waals surface area contributed by atoms with Gasteiger partial charge in [-0.25, -0.2) is 0 Å². The third kappa shape index (κ3) is 4.18. The molecule has 1 amide bonds. The summed E-state index contributed by atoms with van der Waals surface area (Å²) in [5.74, 6) is 1.48. The van der Waals surface area contributed by atoms with E-state index in [0.29, 0.717) is 35.2 Å². The number of rotatable bonds is 7.